The number of nitrogens with one attached hydrogen (secondary N) is 2. The van der Waals surface area contributed by atoms with Crippen LogP contribution in [-0.4, -0.2) is 24.0 Å². The topological polar surface area (TPSA) is 41.1 Å². The Morgan fingerprint density at radius 2 is 2.24 bits per heavy atom. The molecule has 2 aliphatic rings. The molecule has 1 aliphatic heterocycles. The van der Waals surface area contributed by atoms with Crippen molar-refractivity contribution in [1.29, 1.82) is 0 Å². The van der Waals surface area contributed by atoms with Gasteiger partial charge in [-0.3, -0.25) is 4.79 Å². The van der Waals surface area contributed by atoms with Gasteiger partial charge in [0.25, 0.3) is 0 Å². The highest BCUT2D eigenvalue weighted by Gasteiger charge is 2.41. The van der Waals surface area contributed by atoms with Crippen LogP contribution in [0.15, 0.2) is 0 Å². The van der Waals surface area contributed by atoms with E-state index in [1.165, 1.54) is 19.3 Å². The number of carbonyl (C=O) groups is 1. The van der Waals surface area contributed by atoms with Crippen molar-refractivity contribution in [3.63, 3.8) is 0 Å². The molecule has 0 aromatic carbocycles. The zero-order valence-corrected chi connectivity index (χ0v) is 11.6. The summed E-state index contributed by atoms with van der Waals surface area (Å²) in [5, 5.41) is 6.83. The first-order valence-electron chi connectivity index (χ1n) is 6.78. The molecule has 1 heterocycles. The molecule has 0 radical (unpaired) electrons. The van der Waals surface area contributed by atoms with Gasteiger partial charge in [-0.1, -0.05) is 13.3 Å². The van der Waals surface area contributed by atoms with Crippen LogP contribution in [0.5, 0.6) is 0 Å². The molecule has 1 saturated carbocycles. The minimum atomic E-state index is 0. The van der Waals surface area contributed by atoms with E-state index in [1.807, 2.05) is 0 Å². The van der Waals surface area contributed by atoms with E-state index in [1.54, 1.807) is 0 Å². The van der Waals surface area contributed by atoms with Crippen molar-refractivity contribution in [3.05, 3.63) is 0 Å². The Labute approximate surface area is 111 Å². The van der Waals surface area contributed by atoms with Crippen LogP contribution in [0.25, 0.3) is 0 Å². The smallest absolute Gasteiger partial charge is 0.220 e. The summed E-state index contributed by atoms with van der Waals surface area (Å²) in [4.78, 5) is 11.7. The predicted molar refractivity (Wildman–Crippen MR) is 72.5 cm³/mol. The van der Waals surface area contributed by atoms with Crippen LogP contribution in [0.2, 0.25) is 0 Å². The van der Waals surface area contributed by atoms with E-state index in [9.17, 15) is 4.79 Å². The molecule has 2 N–H and O–H groups in total. The number of piperidine rings is 1. The summed E-state index contributed by atoms with van der Waals surface area (Å²) in [6, 6.07) is 0.422. The molecule has 17 heavy (non-hydrogen) atoms. The molecule has 4 heteroatoms. The van der Waals surface area contributed by atoms with E-state index in [2.05, 4.69) is 17.6 Å². The summed E-state index contributed by atoms with van der Waals surface area (Å²) in [6.07, 6.45) is 9.01. The van der Waals surface area contributed by atoms with Crippen molar-refractivity contribution in [2.45, 2.75) is 69.9 Å². The van der Waals surface area contributed by atoms with Gasteiger partial charge >= 0.3 is 0 Å². The van der Waals surface area contributed by atoms with Crippen LogP contribution in [0.3, 0.4) is 0 Å². The van der Waals surface area contributed by atoms with E-state index in [0.29, 0.717) is 18.0 Å². The zero-order valence-electron chi connectivity index (χ0n) is 10.8. The fourth-order valence-electron chi connectivity index (χ4n) is 2.90. The van der Waals surface area contributed by atoms with Gasteiger partial charge < -0.3 is 10.6 Å². The fourth-order valence-corrected chi connectivity index (χ4v) is 2.90. The summed E-state index contributed by atoms with van der Waals surface area (Å²) in [5.41, 5.74) is 0.390. The Kier molecular flexibility index (Phi) is 5.74. The SMILES string of the molecule is CCCCC(=O)NC1CCNC2(CCC2)C1.Cl. The standard InChI is InChI=1S/C13H24N2O.ClH/c1-2-3-5-12(16)15-11-6-9-14-13(10-11)7-4-8-13;/h11,14H,2-10H2,1H3,(H,15,16);1H. The highest BCUT2D eigenvalue weighted by Crippen LogP contribution is 2.38. The lowest BCUT2D eigenvalue weighted by molar-refractivity contribution is -0.122. The van der Waals surface area contributed by atoms with Crippen molar-refractivity contribution in [2.75, 3.05) is 6.54 Å². The van der Waals surface area contributed by atoms with Gasteiger partial charge in [0.1, 0.15) is 0 Å². The van der Waals surface area contributed by atoms with E-state index < -0.39 is 0 Å². The zero-order chi connectivity index (χ0) is 11.4. The molecule has 0 aromatic heterocycles. The van der Waals surface area contributed by atoms with E-state index in [4.69, 9.17) is 0 Å². The monoisotopic (exact) mass is 260 g/mol. The van der Waals surface area contributed by atoms with E-state index >= 15 is 0 Å². The summed E-state index contributed by atoms with van der Waals surface area (Å²) < 4.78 is 0. The van der Waals surface area contributed by atoms with Crippen LogP contribution in [-0.2, 0) is 4.79 Å². The highest BCUT2D eigenvalue weighted by molar-refractivity contribution is 5.85. The maximum absolute atomic E-state index is 11.7. The number of amides is 1. The van der Waals surface area contributed by atoms with Gasteiger partial charge in [0.05, 0.1) is 0 Å². The lowest BCUT2D eigenvalue weighted by Gasteiger charge is -2.48. The van der Waals surface area contributed by atoms with Crippen LogP contribution < -0.4 is 10.6 Å². The predicted octanol–water partition coefficient (Wildman–Crippen LogP) is 2.39. The highest BCUT2D eigenvalue weighted by atomic mass is 35.5. The van der Waals surface area contributed by atoms with Gasteiger partial charge in [-0.15, -0.1) is 12.4 Å². The van der Waals surface area contributed by atoms with Gasteiger partial charge in [-0.25, -0.2) is 0 Å². The molecular formula is C13H25ClN2O. The molecule has 1 saturated heterocycles. The summed E-state index contributed by atoms with van der Waals surface area (Å²) >= 11 is 0. The Hall–Kier alpha value is -0.280. The first-order valence-corrected chi connectivity index (χ1v) is 6.78. The molecular weight excluding hydrogens is 236 g/mol. The fraction of sp³-hybridized carbons (Fsp3) is 0.923. The average Bonchev–Trinajstić information content (AvgIpc) is 2.24. The Balaban J connectivity index is 0.00000144. The number of hydrogen-bond acceptors (Lipinski definition) is 2. The van der Waals surface area contributed by atoms with Crippen LogP contribution in [0, 0.1) is 0 Å². The maximum atomic E-state index is 11.7. The van der Waals surface area contributed by atoms with Crippen LogP contribution in [0.4, 0.5) is 0 Å². The molecule has 100 valence electrons. The molecule has 1 atom stereocenters. The lowest BCUT2D eigenvalue weighted by Crippen LogP contribution is -2.59. The largest absolute Gasteiger partial charge is 0.353 e. The molecule has 2 rings (SSSR count). The van der Waals surface area contributed by atoms with E-state index in [-0.39, 0.29) is 18.3 Å². The molecule has 2 fully saturated rings. The second-order valence-corrected chi connectivity index (χ2v) is 5.42. The number of carbonyl (C=O) groups excluding carboxylic acids is 1. The molecule has 0 bridgehead atoms. The molecule has 0 aromatic rings. The Morgan fingerprint density at radius 1 is 1.47 bits per heavy atom. The second kappa shape index (κ2) is 6.60. The minimum Gasteiger partial charge on any atom is -0.353 e. The van der Waals surface area contributed by atoms with Crippen molar-refractivity contribution >= 4 is 18.3 Å². The second-order valence-electron chi connectivity index (χ2n) is 5.42. The number of unbranched alkanes of at least 4 members (excludes halogenated alkanes) is 1. The summed E-state index contributed by atoms with van der Waals surface area (Å²) in [7, 11) is 0. The molecule has 1 amide bonds. The van der Waals surface area contributed by atoms with Crippen LogP contribution in [0.1, 0.15) is 58.3 Å². The Bertz CT molecular complexity index is 254. The van der Waals surface area contributed by atoms with Crippen molar-refractivity contribution in [2.24, 2.45) is 0 Å². The van der Waals surface area contributed by atoms with Gasteiger partial charge in [0.15, 0.2) is 0 Å². The van der Waals surface area contributed by atoms with Crippen molar-refractivity contribution in [3.8, 4) is 0 Å². The molecule has 1 spiro atoms. The quantitative estimate of drug-likeness (QED) is 0.815. The number of hydrogen-bond donors (Lipinski definition) is 2. The summed E-state index contributed by atoms with van der Waals surface area (Å²) in [5.74, 6) is 0.253. The first kappa shape index (κ1) is 14.8. The van der Waals surface area contributed by atoms with Crippen LogP contribution >= 0.6 is 12.4 Å². The van der Waals surface area contributed by atoms with Gasteiger partial charge in [0.2, 0.25) is 5.91 Å². The first-order chi connectivity index (χ1) is 7.74. The van der Waals surface area contributed by atoms with Crippen molar-refractivity contribution < 1.29 is 4.79 Å². The molecule has 3 nitrogen and oxygen atoms in total. The van der Waals surface area contributed by atoms with Gasteiger partial charge in [-0.05, 0) is 45.1 Å². The van der Waals surface area contributed by atoms with E-state index in [0.717, 1.165) is 32.2 Å². The third-order valence-electron chi connectivity index (χ3n) is 4.06. The normalized spacial score (nSPS) is 25.8. The summed E-state index contributed by atoms with van der Waals surface area (Å²) in [6.45, 7) is 3.19. The molecule has 1 aliphatic carbocycles. The third kappa shape index (κ3) is 3.85. The average molecular weight is 261 g/mol. The number of halogens is 1. The number of rotatable bonds is 4. The minimum absolute atomic E-state index is 0. The van der Waals surface area contributed by atoms with Gasteiger partial charge in [-0.2, -0.15) is 0 Å². The lowest BCUT2D eigenvalue weighted by atomic mass is 9.70. The molecule has 1 unspecified atom stereocenters. The third-order valence-corrected chi connectivity index (χ3v) is 4.06. The van der Waals surface area contributed by atoms with Gasteiger partial charge in [0, 0.05) is 18.0 Å². The Morgan fingerprint density at radius 3 is 2.82 bits per heavy atom. The maximum Gasteiger partial charge on any atom is 0.220 e. The van der Waals surface area contributed by atoms with Crippen molar-refractivity contribution in [1.82, 2.24) is 10.6 Å².